The number of para-hydroxylation sites is 3. The fourth-order valence-corrected chi connectivity index (χ4v) is 5.74. The number of hydrogen-bond donors (Lipinski definition) is 0. The monoisotopic (exact) mass is 458 g/mol. The molecule has 1 aromatic heterocycles. The Bertz CT molecular complexity index is 1230. The molecule has 2 aromatic carbocycles. The Hall–Kier alpha value is -3.19. The van der Waals surface area contributed by atoms with Gasteiger partial charge in [0, 0.05) is 44.3 Å². The number of imidazole rings is 1. The van der Waals surface area contributed by atoms with Gasteiger partial charge in [-0.05, 0) is 49.4 Å². The van der Waals surface area contributed by atoms with Crippen LogP contribution in [0, 0.1) is 0 Å². The van der Waals surface area contributed by atoms with Crippen molar-refractivity contribution in [2.45, 2.75) is 50.7 Å². The lowest BCUT2D eigenvalue weighted by Gasteiger charge is -2.30. The highest BCUT2D eigenvalue weighted by molar-refractivity contribution is 5.95. The van der Waals surface area contributed by atoms with Crippen molar-refractivity contribution in [3.63, 3.8) is 0 Å². The minimum atomic E-state index is -0.0252. The lowest BCUT2D eigenvalue weighted by Crippen LogP contribution is -2.38. The maximum Gasteiger partial charge on any atom is 0.246 e. The number of benzene rings is 2. The number of aryl methyl sites for hydroxylation is 1. The van der Waals surface area contributed by atoms with Crippen LogP contribution in [-0.4, -0.2) is 58.6 Å². The van der Waals surface area contributed by atoms with Crippen molar-refractivity contribution in [3.05, 3.63) is 59.9 Å². The normalized spacial score (nSPS) is 22.5. The van der Waals surface area contributed by atoms with Crippen molar-refractivity contribution in [2.24, 2.45) is 0 Å². The summed E-state index contributed by atoms with van der Waals surface area (Å²) in [6.45, 7) is 3.02. The number of likely N-dealkylation sites (tertiary alicyclic amines) is 1. The van der Waals surface area contributed by atoms with Crippen LogP contribution < -0.4 is 4.90 Å². The Kier molecular flexibility index (Phi) is 5.57. The van der Waals surface area contributed by atoms with E-state index in [9.17, 15) is 9.59 Å². The molecule has 3 aliphatic heterocycles. The van der Waals surface area contributed by atoms with Gasteiger partial charge in [-0.3, -0.25) is 9.59 Å². The lowest BCUT2D eigenvalue weighted by molar-refractivity contribution is -0.129. The molecule has 4 heterocycles. The van der Waals surface area contributed by atoms with Gasteiger partial charge in [0.05, 0.1) is 17.1 Å². The Labute approximate surface area is 199 Å². The van der Waals surface area contributed by atoms with E-state index in [2.05, 4.69) is 6.07 Å². The number of carbonyl (C=O) groups is 2. The first-order chi connectivity index (χ1) is 16.7. The molecule has 7 nitrogen and oxygen atoms in total. The highest BCUT2D eigenvalue weighted by Gasteiger charge is 2.36. The molecule has 0 bridgehead atoms. The number of fused-ring (bicyclic) bond motifs is 2. The third kappa shape index (κ3) is 3.88. The van der Waals surface area contributed by atoms with Crippen LogP contribution in [0.15, 0.2) is 48.5 Å². The van der Waals surface area contributed by atoms with Gasteiger partial charge in [0.25, 0.3) is 0 Å². The first kappa shape index (κ1) is 21.4. The molecule has 3 aromatic rings. The molecule has 2 atom stereocenters. The third-order valence-electron chi connectivity index (χ3n) is 7.42. The fraction of sp³-hybridized carbons (Fsp3) is 0.444. The Morgan fingerprint density at radius 1 is 1.09 bits per heavy atom. The minimum Gasteiger partial charge on any atom is -0.376 e. The molecule has 0 spiro atoms. The van der Waals surface area contributed by atoms with Gasteiger partial charge in [-0.15, -0.1) is 0 Å². The molecule has 176 valence electrons. The average Bonchev–Trinajstić information content (AvgIpc) is 3.59. The highest BCUT2D eigenvalue weighted by Crippen LogP contribution is 2.32. The predicted octanol–water partition coefficient (Wildman–Crippen LogP) is 3.51. The summed E-state index contributed by atoms with van der Waals surface area (Å²) in [5.74, 6) is 1.03. The van der Waals surface area contributed by atoms with Crippen molar-refractivity contribution in [3.8, 4) is 0 Å². The smallest absolute Gasteiger partial charge is 0.246 e. The van der Waals surface area contributed by atoms with Crippen LogP contribution in [0.2, 0.25) is 0 Å². The number of aromatic nitrogens is 2. The molecule has 0 radical (unpaired) electrons. The summed E-state index contributed by atoms with van der Waals surface area (Å²) < 4.78 is 7.80. The highest BCUT2D eigenvalue weighted by atomic mass is 16.5. The van der Waals surface area contributed by atoms with E-state index in [4.69, 9.17) is 9.72 Å². The number of rotatable bonds is 5. The lowest BCUT2D eigenvalue weighted by atomic mass is 10.0. The van der Waals surface area contributed by atoms with E-state index in [1.807, 2.05) is 56.8 Å². The van der Waals surface area contributed by atoms with Crippen LogP contribution in [-0.2, 0) is 27.3 Å². The maximum absolute atomic E-state index is 13.6. The predicted molar refractivity (Wildman–Crippen MR) is 130 cm³/mol. The van der Waals surface area contributed by atoms with E-state index in [0.717, 1.165) is 61.4 Å². The molecule has 0 saturated carbocycles. The number of hydrogen-bond acceptors (Lipinski definition) is 4. The molecule has 0 unspecified atom stereocenters. The van der Waals surface area contributed by atoms with E-state index in [1.165, 1.54) is 5.56 Å². The quantitative estimate of drug-likeness (QED) is 0.587. The Morgan fingerprint density at radius 2 is 1.94 bits per heavy atom. The number of amides is 2. The van der Waals surface area contributed by atoms with E-state index < -0.39 is 0 Å². The van der Waals surface area contributed by atoms with E-state index in [-0.39, 0.29) is 30.4 Å². The zero-order valence-corrected chi connectivity index (χ0v) is 19.4. The molecule has 3 aliphatic rings. The molecule has 2 fully saturated rings. The van der Waals surface area contributed by atoms with Crippen LogP contribution in [0.5, 0.6) is 0 Å². The molecule has 0 N–H and O–H groups in total. The summed E-state index contributed by atoms with van der Waals surface area (Å²) in [4.78, 5) is 35.2. The molecule has 7 heteroatoms. The first-order valence-corrected chi connectivity index (χ1v) is 12.4. The molecular weight excluding hydrogens is 428 g/mol. The van der Waals surface area contributed by atoms with E-state index >= 15 is 0 Å². The zero-order chi connectivity index (χ0) is 23.1. The van der Waals surface area contributed by atoms with Gasteiger partial charge in [-0.1, -0.05) is 30.3 Å². The van der Waals surface area contributed by atoms with Crippen LogP contribution >= 0.6 is 0 Å². The molecule has 34 heavy (non-hydrogen) atoms. The molecule has 2 saturated heterocycles. The standard InChI is InChI=1S/C27H30N4O3/c32-25-15-20(16-29(25)17-21-9-6-14-34-21)27-28-22-10-2-4-12-24(22)31(27)18-26(33)30-13-5-8-19-7-1-3-11-23(19)30/h1-4,7,10-12,20-21H,5-6,8-9,13-18H2/t20-,21-/m1/s1. The first-order valence-electron chi connectivity index (χ1n) is 12.4. The van der Waals surface area contributed by atoms with Crippen LogP contribution in [0.1, 0.15) is 43.0 Å². The average molecular weight is 459 g/mol. The second kappa shape index (κ2) is 8.87. The summed E-state index contributed by atoms with van der Waals surface area (Å²) in [6.07, 6.45) is 4.62. The van der Waals surface area contributed by atoms with Gasteiger partial charge in [0.1, 0.15) is 12.4 Å². The van der Waals surface area contributed by atoms with Gasteiger partial charge in [-0.25, -0.2) is 4.98 Å². The Morgan fingerprint density at radius 3 is 2.82 bits per heavy atom. The van der Waals surface area contributed by atoms with Crippen molar-refractivity contribution in [2.75, 3.05) is 31.1 Å². The van der Waals surface area contributed by atoms with Crippen molar-refractivity contribution in [1.82, 2.24) is 14.5 Å². The van der Waals surface area contributed by atoms with Gasteiger partial charge in [-0.2, -0.15) is 0 Å². The van der Waals surface area contributed by atoms with Gasteiger partial charge < -0.3 is 19.1 Å². The van der Waals surface area contributed by atoms with Crippen molar-refractivity contribution < 1.29 is 14.3 Å². The van der Waals surface area contributed by atoms with Crippen molar-refractivity contribution >= 4 is 28.5 Å². The zero-order valence-electron chi connectivity index (χ0n) is 19.4. The second-order valence-corrected chi connectivity index (χ2v) is 9.66. The summed E-state index contributed by atoms with van der Waals surface area (Å²) in [7, 11) is 0. The largest absolute Gasteiger partial charge is 0.376 e. The number of carbonyl (C=O) groups excluding carboxylic acids is 2. The minimum absolute atomic E-state index is 0.0252. The Balaban J connectivity index is 1.29. The molecule has 6 rings (SSSR count). The second-order valence-electron chi connectivity index (χ2n) is 9.66. The number of anilines is 1. The molecule has 2 amide bonds. The van der Waals surface area contributed by atoms with E-state index in [0.29, 0.717) is 19.5 Å². The summed E-state index contributed by atoms with van der Waals surface area (Å²) in [6, 6.07) is 16.1. The number of ether oxygens (including phenoxy) is 1. The SMILES string of the molecule is O=C1C[C@@H](c2nc3ccccc3n2CC(=O)N2CCCc3ccccc32)CN1C[C@H]1CCCO1. The summed E-state index contributed by atoms with van der Waals surface area (Å²) in [5, 5.41) is 0. The summed E-state index contributed by atoms with van der Waals surface area (Å²) >= 11 is 0. The van der Waals surface area contributed by atoms with Crippen LogP contribution in [0.4, 0.5) is 5.69 Å². The van der Waals surface area contributed by atoms with Gasteiger partial charge in [0.15, 0.2) is 0 Å². The number of nitrogens with zero attached hydrogens (tertiary/aromatic N) is 4. The van der Waals surface area contributed by atoms with E-state index in [1.54, 1.807) is 0 Å². The molecular formula is C27H30N4O3. The molecule has 0 aliphatic carbocycles. The topological polar surface area (TPSA) is 67.7 Å². The van der Waals surface area contributed by atoms with Gasteiger partial charge in [0.2, 0.25) is 11.8 Å². The maximum atomic E-state index is 13.6. The van der Waals surface area contributed by atoms with Crippen LogP contribution in [0.3, 0.4) is 0 Å². The summed E-state index contributed by atoms with van der Waals surface area (Å²) in [5.41, 5.74) is 4.06. The fourth-order valence-electron chi connectivity index (χ4n) is 5.74. The van der Waals surface area contributed by atoms with Crippen LogP contribution in [0.25, 0.3) is 11.0 Å². The van der Waals surface area contributed by atoms with Gasteiger partial charge >= 0.3 is 0 Å². The van der Waals surface area contributed by atoms with Crippen molar-refractivity contribution in [1.29, 1.82) is 0 Å². The third-order valence-corrected chi connectivity index (χ3v) is 7.42.